The number of aliphatic hydroxyl groups excluding tert-OH is 1. The van der Waals surface area contributed by atoms with E-state index in [-0.39, 0.29) is 17.8 Å². The van der Waals surface area contributed by atoms with Crippen LogP contribution in [0.15, 0.2) is 72.8 Å². The van der Waals surface area contributed by atoms with Gasteiger partial charge in [-0.2, -0.15) is 0 Å². The second-order valence-electron chi connectivity index (χ2n) is 9.27. The van der Waals surface area contributed by atoms with Gasteiger partial charge < -0.3 is 25.0 Å². The van der Waals surface area contributed by atoms with Crippen LogP contribution in [0.2, 0.25) is 0 Å². The fraction of sp³-hybridized carbons (Fsp3) is 0.310. The number of ketones is 1. The molecule has 2 fully saturated rings. The van der Waals surface area contributed by atoms with Gasteiger partial charge in [-0.15, -0.1) is 0 Å². The van der Waals surface area contributed by atoms with Crippen LogP contribution in [0.3, 0.4) is 0 Å². The van der Waals surface area contributed by atoms with Gasteiger partial charge in [-0.1, -0.05) is 0 Å². The van der Waals surface area contributed by atoms with E-state index in [1.807, 2.05) is 48.5 Å². The molecular weight excluding hydrogens is 454 g/mol. The summed E-state index contributed by atoms with van der Waals surface area (Å²) < 4.78 is 5.40. The van der Waals surface area contributed by atoms with Gasteiger partial charge in [-0.3, -0.25) is 9.59 Å². The molecule has 7 heteroatoms. The Kier molecular flexibility index (Phi) is 7.30. The standard InChI is InChI=1S/C29H31N3O4/c33-27-13-15-31(16-14-27)25-11-5-23(6-12-25)29(35)30-24-7-1-21(2-8-24)28(34)22-3-9-26(10-4-22)32-17-19-36-20-18-32/h1-12,27,33H,13-20H2,(H,30,35). The quantitative estimate of drug-likeness (QED) is 0.515. The topological polar surface area (TPSA) is 82.1 Å². The number of anilines is 3. The largest absolute Gasteiger partial charge is 0.393 e. The molecule has 0 aliphatic carbocycles. The minimum atomic E-state index is -0.214. The molecule has 3 aromatic rings. The summed E-state index contributed by atoms with van der Waals surface area (Å²) in [5.74, 6) is -0.254. The predicted molar refractivity (Wildman–Crippen MR) is 141 cm³/mol. The number of carbonyl (C=O) groups excluding carboxylic acids is 2. The zero-order valence-corrected chi connectivity index (χ0v) is 20.2. The summed E-state index contributed by atoms with van der Waals surface area (Å²) in [7, 11) is 0. The second kappa shape index (κ2) is 10.9. The molecule has 7 nitrogen and oxygen atoms in total. The number of rotatable bonds is 6. The molecule has 2 aliphatic rings. The van der Waals surface area contributed by atoms with E-state index in [0.29, 0.717) is 22.4 Å². The van der Waals surface area contributed by atoms with E-state index in [1.54, 1.807) is 24.3 Å². The number of hydrogen-bond donors (Lipinski definition) is 2. The Morgan fingerprint density at radius 2 is 1.17 bits per heavy atom. The van der Waals surface area contributed by atoms with Crippen LogP contribution in [0.25, 0.3) is 0 Å². The van der Waals surface area contributed by atoms with Gasteiger partial charge in [0.05, 0.1) is 19.3 Å². The Labute approximate surface area is 211 Å². The van der Waals surface area contributed by atoms with Gasteiger partial charge in [0, 0.05) is 59.9 Å². The number of piperidine rings is 1. The van der Waals surface area contributed by atoms with Crippen LogP contribution in [-0.4, -0.2) is 62.3 Å². The van der Waals surface area contributed by atoms with Gasteiger partial charge in [0.1, 0.15) is 0 Å². The molecular formula is C29H31N3O4. The van der Waals surface area contributed by atoms with E-state index in [2.05, 4.69) is 15.1 Å². The third-order valence-electron chi connectivity index (χ3n) is 6.87. The highest BCUT2D eigenvalue weighted by atomic mass is 16.5. The Morgan fingerprint density at radius 1 is 0.694 bits per heavy atom. The Hall–Kier alpha value is -3.68. The second-order valence-corrected chi connectivity index (χ2v) is 9.27. The van der Waals surface area contributed by atoms with Crippen molar-refractivity contribution >= 4 is 28.8 Å². The first-order valence-corrected chi connectivity index (χ1v) is 12.5. The van der Waals surface area contributed by atoms with Gasteiger partial charge in [0.15, 0.2) is 5.78 Å². The maximum atomic E-state index is 12.9. The molecule has 2 N–H and O–H groups in total. The highest BCUT2D eigenvalue weighted by Crippen LogP contribution is 2.22. The molecule has 0 radical (unpaired) electrons. The SMILES string of the molecule is O=C(Nc1ccc(C(=O)c2ccc(N3CCOCC3)cc2)cc1)c1ccc(N2CCC(O)CC2)cc1. The van der Waals surface area contributed by atoms with Crippen molar-refractivity contribution in [2.24, 2.45) is 0 Å². The lowest BCUT2D eigenvalue weighted by molar-refractivity contribution is 0.102. The third kappa shape index (κ3) is 5.58. The van der Waals surface area contributed by atoms with Crippen molar-refractivity contribution in [1.29, 1.82) is 0 Å². The molecule has 5 rings (SSSR count). The maximum absolute atomic E-state index is 12.9. The number of hydrogen-bond acceptors (Lipinski definition) is 6. The first kappa shape index (κ1) is 24.0. The zero-order chi connectivity index (χ0) is 24.9. The van der Waals surface area contributed by atoms with Gasteiger partial charge in [-0.25, -0.2) is 0 Å². The molecule has 0 bridgehead atoms. The van der Waals surface area contributed by atoms with E-state index < -0.39 is 0 Å². The van der Waals surface area contributed by atoms with Crippen molar-refractivity contribution in [2.45, 2.75) is 18.9 Å². The zero-order valence-electron chi connectivity index (χ0n) is 20.2. The average Bonchev–Trinajstić information content (AvgIpc) is 2.94. The van der Waals surface area contributed by atoms with Gasteiger partial charge in [0.25, 0.3) is 5.91 Å². The maximum Gasteiger partial charge on any atom is 0.255 e. The molecule has 2 aliphatic heterocycles. The summed E-state index contributed by atoms with van der Waals surface area (Å²) in [6, 6.07) is 22.2. The lowest BCUT2D eigenvalue weighted by atomic mass is 10.0. The number of aliphatic hydroxyl groups is 1. The number of amides is 1. The lowest BCUT2D eigenvalue weighted by Crippen LogP contribution is -2.36. The fourth-order valence-corrected chi connectivity index (χ4v) is 4.67. The number of ether oxygens (including phenoxy) is 1. The Bertz CT molecular complexity index is 1180. The summed E-state index contributed by atoms with van der Waals surface area (Å²) in [6.45, 7) is 4.78. The van der Waals surface area contributed by atoms with Gasteiger partial charge in [0.2, 0.25) is 0 Å². The fourth-order valence-electron chi connectivity index (χ4n) is 4.67. The minimum Gasteiger partial charge on any atom is -0.393 e. The van der Waals surface area contributed by atoms with Crippen molar-refractivity contribution in [1.82, 2.24) is 0 Å². The van der Waals surface area contributed by atoms with Crippen LogP contribution in [0, 0.1) is 0 Å². The predicted octanol–water partition coefficient (Wildman–Crippen LogP) is 3.97. The molecule has 3 aromatic carbocycles. The van der Waals surface area contributed by atoms with E-state index in [0.717, 1.165) is 63.6 Å². The molecule has 0 unspecified atom stereocenters. The van der Waals surface area contributed by atoms with Crippen molar-refractivity contribution in [2.75, 3.05) is 54.5 Å². The van der Waals surface area contributed by atoms with Crippen molar-refractivity contribution in [3.63, 3.8) is 0 Å². The molecule has 36 heavy (non-hydrogen) atoms. The minimum absolute atomic E-state index is 0.0535. The number of morpholine rings is 1. The van der Waals surface area contributed by atoms with Crippen molar-refractivity contribution in [3.8, 4) is 0 Å². The molecule has 2 saturated heterocycles. The van der Waals surface area contributed by atoms with Gasteiger partial charge in [-0.05, 0) is 85.6 Å². The van der Waals surface area contributed by atoms with E-state index in [1.165, 1.54) is 0 Å². The van der Waals surface area contributed by atoms with Crippen LogP contribution < -0.4 is 15.1 Å². The summed E-state index contributed by atoms with van der Waals surface area (Å²) >= 11 is 0. The smallest absolute Gasteiger partial charge is 0.255 e. The molecule has 0 atom stereocenters. The number of nitrogens with zero attached hydrogens (tertiary/aromatic N) is 2. The molecule has 186 valence electrons. The number of nitrogens with one attached hydrogen (secondary N) is 1. The number of carbonyl (C=O) groups is 2. The molecule has 0 spiro atoms. The van der Waals surface area contributed by atoms with Crippen LogP contribution >= 0.6 is 0 Å². The average molecular weight is 486 g/mol. The summed E-state index contributed by atoms with van der Waals surface area (Å²) in [5.41, 5.74) is 4.55. The van der Waals surface area contributed by atoms with Crippen LogP contribution in [0.1, 0.15) is 39.1 Å². The molecule has 2 heterocycles. The molecule has 0 saturated carbocycles. The first-order chi connectivity index (χ1) is 17.6. The third-order valence-corrected chi connectivity index (χ3v) is 6.87. The van der Waals surface area contributed by atoms with E-state index >= 15 is 0 Å². The highest BCUT2D eigenvalue weighted by molar-refractivity contribution is 6.09. The number of benzene rings is 3. The summed E-state index contributed by atoms with van der Waals surface area (Å²) in [6.07, 6.45) is 1.31. The summed E-state index contributed by atoms with van der Waals surface area (Å²) in [5, 5.41) is 12.6. The molecule has 1 amide bonds. The van der Waals surface area contributed by atoms with Gasteiger partial charge >= 0.3 is 0 Å². The monoisotopic (exact) mass is 485 g/mol. The Balaban J connectivity index is 1.18. The van der Waals surface area contributed by atoms with E-state index in [4.69, 9.17) is 4.74 Å². The lowest BCUT2D eigenvalue weighted by Gasteiger charge is -2.31. The Morgan fingerprint density at radius 3 is 1.72 bits per heavy atom. The van der Waals surface area contributed by atoms with Crippen LogP contribution in [0.4, 0.5) is 17.1 Å². The highest BCUT2D eigenvalue weighted by Gasteiger charge is 2.18. The van der Waals surface area contributed by atoms with Crippen molar-refractivity contribution < 1.29 is 19.4 Å². The van der Waals surface area contributed by atoms with E-state index in [9.17, 15) is 14.7 Å². The van der Waals surface area contributed by atoms with Crippen LogP contribution in [-0.2, 0) is 4.74 Å². The summed E-state index contributed by atoms with van der Waals surface area (Å²) in [4.78, 5) is 30.1. The molecule has 0 aromatic heterocycles. The normalized spacial score (nSPS) is 16.6. The first-order valence-electron chi connectivity index (χ1n) is 12.5. The van der Waals surface area contributed by atoms with Crippen LogP contribution in [0.5, 0.6) is 0 Å². The van der Waals surface area contributed by atoms with Crippen molar-refractivity contribution in [3.05, 3.63) is 89.5 Å².